The molecule has 0 bridgehead atoms. The van der Waals surface area contributed by atoms with Gasteiger partial charge in [0.05, 0.1) is 22.7 Å². The first-order chi connectivity index (χ1) is 17.3. The number of aromatic nitrogens is 2. The fourth-order valence-corrected chi connectivity index (χ4v) is 3.89. The zero-order chi connectivity index (χ0) is 26.0. The smallest absolute Gasteiger partial charge is 0.388 e. The third kappa shape index (κ3) is 4.53. The van der Waals surface area contributed by atoms with Crippen molar-refractivity contribution in [3.05, 3.63) is 98.0 Å². The van der Waals surface area contributed by atoms with Crippen LogP contribution in [-0.4, -0.2) is 28.4 Å². The van der Waals surface area contributed by atoms with Crippen LogP contribution in [-0.2, 0) is 0 Å². The number of aryl methyl sites for hydroxylation is 3. The average Bonchev–Trinajstić information content (AvgIpc) is 2.86. The van der Waals surface area contributed by atoms with Crippen LogP contribution in [0.1, 0.15) is 16.7 Å². The molecule has 4 N–H and O–H groups in total. The third-order valence-corrected chi connectivity index (χ3v) is 6.00. The molecule has 4 aromatic rings. The van der Waals surface area contributed by atoms with Crippen molar-refractivity contribution < 1.29 is 9.62 Å². The number of hydrogen-bond donors (Lipinski definition) is 4. The molecule has 10 heteroatoms. The summed E-state index contributed by atoms with van der Waals surface area (Å²) in [4.78, 5) is 31.4. The van der Waals surface area contributed by atoms with Gasteiger partial charge in [-0.15, -0.1) is 0 Å². The van der Waals surface area contributed by atoms with Gasteiger partial charge < -0.3 is 15.1 Å². The monoisotopic (exact) mass is 488 g/mol. The lowest BCUT2D eigenvalue weighted by atomic mass is 10.2. The van der Waals surface area contributed by atoms with Crippen molar-refractivity contribution in [1.29, 1.82) is 0 Å². The van der Waals surface area contributed by atoms with E-state index in [1.807, 2.05) is 19.9 Å². The molecule has 0 spiro atoms. The number of nitrogens with one attached hydrogen (secondary N) is 3. The molecule has 4 rings (SSSR count). The highest BCUT2D eigenvalue weighted by atomic mass is 16.5. The standard InChI is InChI=1S/C26H28N6O4/c1-15-6-9-18(12-21(15)27-4)29-24-31(19-10-8-17(3)23(14-19)30-35)25(33)32(26(34)36-24)20-11-7-16(2)22(13-20)28-5/h6-14,27-28,30,35H,1-5H3/b29-24-. The Hall–Kier alpha value is -4.57. The minimum absolute atomic E-state index is 0.208. The van der Waals surface area contributed by atoms with Gasteiger partial charge in [-0.3, -0.25) is 10.7 Å². The molecule has 10 nitrogen and oxygen atoms in total. The number of nitrogens with zero attached hydrogens (tertiary/aromatic N) is 3. The zero-order valence-corrected chi connectivity index (χ0v) is 20.7. The SMILES string of the molecule is CNc1cc(/N=c2\oc(=O)n(-c3ccc(C)c(NC)c3)c(=O)n2-c2ccc(C)c(NO)c2)ccc1C. The summed E-state index contributed by atoms with van der Waals surface area (Å²) < 4.78 is 7.76. The molecule has 1 heterocycles. The molecule has 186 valence electrons. The fourth-order valence-electron chi connectivity index (χ4n) is 3.89. The van der Waals surface area contributed by atoms with Gasteiger partial charge in [0.15, 0.2) is 0 Å². The van der Waals surface area contributed by atoms with Crippen LogP contribution < -0.4 is 33.2 Å². The van der Waals surface area contributed by atoms with Gasteiger partial charge in [-0.1, -0.05) is 18.2 Å². The second kappa shape index (κ2) is 9.96. The lowest BCUT2D eigenvalue weighted by Crippen LogP contribution is -2.45. The molecule has 0 unspecified atom stereocenters. The summed E-state index contributed by atoms with van der Waals surface area (Å²) in [5, 5.41) is 15.7. The van der Waals surface area contributed by atoms with E-state index in [1.165, 1.54) is 4.57 Å². The summed E-state index contributed by atoms with van der Waals surface area (Å²) in [6.07, 6.45) is 0. The van der Waals surface area contributed by atoms with Crippen molar-refractivity contribution in [2.75, 3.05) is 30.2 Å². The molecule has 3 aromatic carbocycles. The van der Waals surface area contributed by atoms with Crippen LogP contribution in [0.5, 0.6) is 0 Å². The van der Waals surface area contributed by atoms with Crippen molar-refractivity contribution >= 4 is 22.7 Å². The van der Waals surface area contributed by atoms with E-state index in [9.17, 15) is 14.8 Å². The average molecular weight is 489 g/mol. The number of hydrogen-bond acceptors (Lipinski definition) is 8. The summed E-state index contributed by atoms with van der Waals surface area (Å²) in [5.74, 6) is -0.880. The highest BCUT2D eigenvalue weighted by molar-refractivity contribution is 5.59. The Morgan fingerprint density at radius 2 is 1.28 bits per heavy atom. The van der Waals surface area contributed by atoms with Crippen molar-refractivity contribution in [2.45, 2.75) is 20.8 Å². The van der Waals surface area contributed by atoms with Gasteiger partial charge in [-0.25, -0.2) is 14.2 Å². The largest absolute Gasteiger partial charge is 0.430 e. The van der Waals surface area contributed by atoms with Crippen molar-refractivity contribution in [3.63, 3.8) is 0 Å². The topological polar surface area (TPSA) is 126 Å². The molecule has 0 atom stereocenters. The highest BCUT2D eigenvalue weighted by Gasteiger charge is 2.16. The molecule has 36 heavy (non-hydrogen) atoms. The van der Waals surface area contributed by atoms with Crippen molar-refractivity contribution in [1.82, 2.24) is 9.13 Å². The normalized spacial score (nSPS) is 11.4. The van der Waals surface area contributed by atoms with E-state index >= 15 is 0 Å². The Morgan fingerprint density at radius 3 is 1.89 bits per heavy atom. The predicted octanol–water partition coefficient (Wildman–Crippen LogP) is 3.62. The zero-order valence-electron chi connectivity index (χ0n) is 20.7. The summed E-state index contributed by atoms with van der Waals surface area (Å²) >= 11 is 0. The minimum atomic E-state index is -0.880. The Kier molecular flexibility index (Phi) is 6.80. The second-order valence-electron chi connectivity index (χ2n) is 8.33. The van der Waals surface area contributed by atoms with E-state index in [0.717, 1.165) is 32.6 Å². The molecule has 1 aromatic heterocycles. The molecule has 0 saturated carbocycles. The fraction of sp³-hybridized carbons (Fsp3) is 0.192. The molecule has 0 aliphatic carbocycles. The first-order valence-corrected chi connectivity index (χ1v) is 11.3. The quantitative estimate of drug-likeness (QED) is 0.305. The Bertz CT molecular complexity index is 1630. The highest BCUT2D eigenvalue weighted by Crippen LogP contribution is 2.22. The summed E-state index contributed by atoms with van der Waals surface area (Å²) in [5.41, 5.74) is 7.15. The van der Waals surface area contributed by atoms with E-state index in [4.69, 9.17) is 4.42 Å². The molecular formula is C26H28N6O4. The Balaban J connectivity index is 2.07. The van der Waals surface area contributed by atoms with Gasteiger partial charge in [-0.05, 0) is 73.9 Å². The predicted molar refractivity (Wildman–Crippen MR) is 140 cm³/mol. The molecule has 0 aliphatic heterocycles. The maximum absolute atomic E-state index is 13.8. The van der Waals surface area contributed by atoms with Crippen LogP contribution in [0.2, 0.25) is 0 Å². The Labute approximate surface area is 207 Å². The lowest BCUT2D eigenvalue weighted by Gasteiger charge is -2.13. The van der Waals surface area contributed by atoms with Crippen LogP contribution in [0.25, 0.3) is 11.4 Å². The molecular weight excluding hydrogens is 460 g/mol. The maximum atomic E-state index is 13.8. The number of rotatable bonds is 6. The molecule has 0 fully saturated rings. The van der Waals surface area contributed by atoms with Crippen LogP contribution in [0.15, 0.2) is 73.6 Å². The summed E-state index contributed by atoms with van der Waals surface area (Å²) in [6.45, 7) is 5.67. The second-order valence-corrected chi connectivity index (χ2v) is 8.33. The third-order valence-electron chi connectivity index (χ3n) is 6.00. The van der Waals surface area contributed by atoms with Gasteiger partial charge >= 0.3 is 17.1 Å². The van der Waals surface area contributed by atoms with Gasteiger partial charge in [0.25, 0.3) is 0 Å². The van der Waals surface area contributed by atoms with Gasteiger partial charge in [0, 0.05) is 25.5 Å². The van der Waals surface area contributed by atoms with Crippen LogP contribution in [0.4, 0.5) is 22.7 Å². The van der Waals surface area contributed by atoms with Gasteiger partial charge in [0.1, 0.15) is 0 Å². The van der Waals surface area contributed by atoms with Gasteiger partial charge in [-0.2, -0.15) is 9.56 Å². The summed E-state index contributed by atoms with van der Waals surface area (Å²) in [7, 11) is 3.56. The van der Waals surface area contributed by atoms with E-state index in [1.54, 1.807) is 69.6 Å². The van der Waals surface area contributed by atoms with E-state index in [-0.39, 0.29) is 5.68 Å². The van der Waals surface area contributed by atoms with Crippen LogP contribution >= 0.6 is 0 Å². The number of benzene rings is 3. The van der Waals surface area contributed by atoms with Crippen LogP contribution in [0.3, 0.4) is 0 Å². The maximum Gasteiger partial charge on any atom is 0.430 e. The van der Waals surface area contributed by atoms with Gasteiger partial charge in [0.2, 0.25) is 0 Å². The Morgan fingerprint density at radius 1 is 0.750 bits per heavy atom. The van der Waals surface area contributed by atoms with Crippen LogP contribution in [0, 0.1) is 20.8 Å². The van der Waals surface area contributed by atoms with E-state index in [0.29, 0.717) is 22.7 Å². The molecule has 0 amide bonds. The molecule has 0 aliphatic rings. The first kappa shape index (κ1) is 24.6. The lowest BCUT2D eigenvalue weighted by molar-refractivity contribution is 0.366. The first-order valence-electron chi connectivity index (χ1n) is 11.3. The molecule has 0 radical (unpaired) electrons. The van der Waals surface area contributed by atoms with Crippen molar-refractivity contribution in [3.8, 4) is 11.4 Å². The molecule has 0 saturated heterocycles. The van der Waals surface area contributed by atoms with E-state index in [2.05, 4.69) is 21.1 Å². The van der Waals surface area contributed by atoms with Crippen molar-refractivity contribution in [2.24, 2.45) is 4.99 Å². The van der Waals surface area contributed by atoms with E-state index < -0.39 is 11.4 Å². The summed E-state index contributed by atoms with van der Waals surface area (Å²) in [6, 6.07) is 15.6. The minimum Gasteiger partial charge on any atom is -0.388 e. The number of anilines is 3.